The Hall–Kier alpha value is -3.60. The van der Waals surface area contributed by atoms with Crippen molar-refractivity contribution in [3.8, 4) is 0 Å². The monoisotopic (exact) mass is 388 g/mol. The lowest BCUT2D eigenvalue weighted by atomic mass is 10.1. The van der Waals surface area contributed by atoms with Crippen LogP contribution in [0, 0.1) is 0 Å². The summed E-state index contributed by atoms with van der Waals surface area (Å²) in [6, 6.07) is 26.6. The first-order valence-electron chi connectivity index (χ1n) is 9.57. The fourth-order valence-corrected chi connectivity index (χ4v) is 3.02. The van der Waals surface area contributed by atoms with Crippen molar-refractivity contribution in [2.75, 3.05) is 23.4 Å². The van der Waals surface area contributed by atoms with Crippen LogP contribution in [0.5, 0.6) is 0 Å². The van der Waals surface area contributed by atoms with E-state index in [0.29, 0.717) is 17.8 Å². The van der Waals surface area contributed by atoms with Crippen LogP contribution in [0.3, 0.4) is 0 Å². The minimum Gasteiger partial charge on any atom is -0.462 e. The van der Waals surface area contributed by atoms with Crippen molar-refractivity contribution in [1.29, 1.82) is 0 Å². The van der Waals surface area contributed by atoms with E-state index in [1.807, 2.05) is 65.6 Å². The number of para-hydroxylation sites is 2. The van der Waals surface area contributed by atoms with Crippen LogP contribution in [-0.2, 0) is 16.1 Å². The minimum absolute atomic E-state index is 0.149. The van der Waals surface area contributed by atoms with Gasteiger partial charge in [0.05, 0.1) is 24.4 Å². The van der Waals surface area contributed by atoms with E-state index in [-0.39, 0.29) is 19.1 Å². The molecule has 0 aliphatic rings. The molecule has 0 fully saturated rings. The van der Waals surface area contributed by atoms with Gasteiger partial charge in [-0.15, -0.1) is 0 Å². The van der Waals surface area contributed by atoms with Crippen LogP contribution in [0.25, 0.3) is 0 Å². The second-order valence-electron chi connectivity index (χ2n) is 6.49. The molecule has 0 bridgehead atoms. The SMILES string of the molecule is CCOC(=O)c1ccccc1NC(=O)CN(Cc1ccccc1)c1ccccc1. The molecule has 1 N–H and O–H groups in total. The number of hydrogen-bond acceptors (Lipinski definition) is 4. The lowest BCUT2D eigenvalue weighted by Crippen LogP contribution is -2.33. The molecule has 3 rings (SSSR count). The summed E-state index contributed by atoms with van der Waals surface area (Å²) in [5.74, 6) is -0.658. The molecular formula is C24H24N2O3. The van der Waals surface area contributed by atoms with E-state index in [4.69, 9.17) is 4.74 Å². The number of ether oxygens (including phenoxy) is 1. The van der Waals surface area contributed by atoms with Crippen LogP contribution in [-0.4, -0.2) is 25.0 Å². The van der Waals surface area contributed by atoms with Crippen LogP contribution in [0.4, 0.5) is 11.4 Å². The molecule has 0 aliphatic carbocycles. The molecule has 0 heterocycles. The number of nitrogens with zero attached hydrogens (tertiary/aromatic N) is 1. The zero-order chi connectivity index (χ0) is 20.5. The van der Waals surface area contributed by atoms with Gasteiger partial charge in [0.15, 0.2) is 0 Å². The van der Waals surface area contributed by atoms with Gasteiger partial charge in [-0.05, 0) is 36.8 Å². The lowest BCUT2D eigenvalue weighted by molar-refractivity contribution is -0.115. The smallest absolute Gasteiger partial charge is 0.340 e. The van der Waals surface area contributed by atoms with E-state index < -0.39 is 5.97 Å². The number of anilines is 2. The van der Waals surface area contributed by atoms with Gasteiger partial charge in [0.2, 0.25) is 5.91 Å². The van der Waals surface area contributed by atoms with Gasteiger partial charge in [-0.1, -0.05) is 60.7 Å². The Bertz CT molecular complexity index is 943. The van der Waals surface area contributed by atoms with Crippen LogP contribution < -0.4 is 10.2 Å². The van der Waals surface area contributed by atoms with Crippen molar-refractivity contribution in [3.63, 3.8) is 0 Å². The predicted molar refractivity (Wildman–Crippen MR) is 115 cm³/mol. The first kappa shape index (κ1) is 20.1. The van der Waals surface area contributed by atoms with Crippen LogP contribution in [0.1, 0.15) is 22.8 Å². The zero-order valence-electron chi connectivity index (χ0n) is 16.4. The standard InChI is InChI=1S/C24H24N2O3/c1-2-29-24(28)21-15-9-10-16-22(21)25-23(27)18-26(20-13-7-4-8-14-20)17-19-11-5-3-6-12-19/h3-16H,2,17-18H2,1H3,(H,25,27). The molecule has 0 unspecified atom stereocenters. The lowest BCUT2D eigenvalue weighted by Gasteiger charge is -2.24. The highest BCUT2D eigenvalue weighted by molar-refractivity contribution is 6.02. The Labute approximate surface area is 170 Å². The second kappa shape index (κ2) is 10.1. The van der Waals surface area contributed by atoms with Gasteiger partial charge in [0, 0.05) is 12.2 Å². The highest BCUT2D eigenvalue weighted by Crippen LogP contribution is 2.19. The van der Waals surface area contributed by atoms with Crippen molar-refractivity contribution in [1.82, 2.24) is 0 Å². The quantitative estimate of drug-likeness (QED) is 0.577. The number of carbonyl (C=O) groups is 2. The number of carbonyl (C=O) groups excluding carboxylic acids is 2. The Morgan fingerprint density at radius 3 is 2.17 bits per heavy atom. The van der Waals surface area contributed by atoms with Gasteiger partial charge in [0.25, 0.3) is 0 Å². The maximum atomic E-state index is 12.8. The third-order valence-corrected chi connectivity index (χ3v) is 4.37. The molecule has 0 aliphatic heterocycles. The average molecular weight is 388 g/mol. The van der Waals surface area contributed by atoms with E-state index >= 15 is 0 Å². The molecule has 29 heavy (non-hydrogen) atoms. The molecule has 148 valence electrons. The summed E-state index contributed by atoms with van der Waals surface area (Å²) in [5.41, 5.74) is 2.85. The molecule has 0 saturated heterocycles. The molecule has 0 radical (unpaired) electrons. The largest absolute Gasteiger partial charge is 0.462 e. The fraction of sp³-hybridized carbons (Fsp3) is 0.167. The van der Waals surface area contributed by atoms with Crippen LogP contribution >= 0.6 is 0 Å². The maximum absolute atomic E-state index is 12.8. The van der Waals surface area contributed by atoms with E-state index in [9.17, 15) is 9.59 Å². The summed E-state index contributed by atoms with van der Waals surface area (Å²) in [6.07, 6.45) is 0. The van der Waals surface area contributed by atoms with E-state index in [0.717, 1.165) is 11.3 Å². The van der Waals surface area contributed by atoms with Gasteiger partial charge in [-0.2, -0.15) is 0 Å². The van der Waals surface area contributed by atoms with Gasteiger partial charge in [-0.25, -0.2) is 4.79 Å². The minimum atomic E-state index is -0.451. The van der Waals surface area contributed by atoms with E-state index in [1.54, 1.807) is 31.2 Å². The Kier molecular flexibility index (Phi) is 7.00. The molecule has 0 atom stereocenters. The first-order chi connectivity index (χ1) is 14.2. The summed E-state index contributed by atoms with van der Waals surface area (Å²) < 4.78 is 5.08. The third kappa shape index (κ3) is 5.69. The van der Waals surface area contributed by atoms with Gasteiger partial charge in [-0.3, -0.25) is 4.79 Å². The number of esters is 1. The molecule has 5 nitrogen and oxygen atoms in total. The highest BCUT2D eigenvalue weighted by atomic mass is 16.5. The Balaban J connectivity index is 1.76. The first-order valence-corrected chi connectivity index (χ1v) is 9.57. The van der Waals surface area contributed by atoms with Crippen molar-refractivity contribution in [2.24, 2.45) is 0 Å². The van der Waals surface area contributed by atoms with Crippen molar-refractivity contribution in [3.05, 3.63) is 96.1 Å². The topological polar surface area (TPSA) is 58.6 Å². The normalized spacial score (nSPS) is 10.2. The number of hydrogen-bond donors (Lipinski definition) is 1. The van der Waals surface area contributed by atoms with E-state index in [1.165, 1.54) is 0 Å². The molecule has 1 amide bonds. The Morgan fingerprint density at radius 2 is 1.48 bits per heavy atom. The predicted octanol–water partition coefficient (Wildman–Crippen LogP) is 4.51. The van der Waals surface area contributed by atoms with Crippen LogP contribution in [0.15, 0.2) is 84.9 Å². The summed E-state index contributed by atoms with van der Waals surface area (Å²) in [5, 5.41) is 2.85. The Morgan fingerprint density at radius 1 is 0.862 bits per heavy atom. The molecule has 3 aromatic carbocycles. The number of nitrogens with one attached hydrogen (secondary N) is 1. The van der Waals surface area contributed by atoms with Crippen molar-refractivity contribution >= 4 is 23.3 Å². The van der Waals surface area contributed by atoms with Gasteiger partial charge < -0.3 is 15.0 Å². The molecule has 0 spiro atoms. The van der Waals surface area contributed by atoms with Crippen LogP contribution in [0.2, 0.25) is 0 Å². The van der Waals surface area contributed by atoms with Crippen molar-refractivity contribution < 1.29 is 14.3 Å². The average Bonchev–Trinajstić information content (AvgIpc) is 2.75. The summed E-state index contributed by atoms with van der Waals surface area (Å²) in [7, 11) is 0. The summed E-state index contributed by atoms with van der Waals surface area (Å²) in [4.78, 5) is 27.0. The molecule has 0 saturated carbocycles. The number of amides is 1. The molecular weight excluding hydrogens is 364 g/mol. The third-order valence-electron chi connectivity index (χ3n) is 4.37. The van der Waals surface area contributed by atoms with E-state index in [2.05, 4.69) is 5.32 Å². The molecule has 5 heteroatoms. The summed E-state index contributed by atoms with van der Waals surface area (Å²) >= 11 is 0. The molecule has 0 aromatic heterocycles. The van der Waals surface area contributed by atoms with Crippen molar-refractivity contribution in [2.45, 2.75) is 13.5 Å². The molecule has 3 aromatic rings. The second-order valence-corrected chi connectivity index (χ2v) is 6.49. The number of rotatable bonds is 8. The van der Waals surface area contributed by atoms with Gasteiger partial charge in [0.1, 0.15) is 0 Å². The number of benzene rings is 3. The highest BCUT2D eigenvalue weighted by Gasteiger charge is 2.16. The zero-order valence-corrected chi connectivity index (χ0v) is 16.4. The maximum Gasteiger partial charge on any atom is 0.340 e. The fourth-order valence-electron chi connectivity index (χ4n) is 3.02. The summed E-state index contributed by atoms with van der Waals surface area (Å²) in [6.45, 7) is 2.77. The van der Waals surface area contributed by atoms with Gasteiger partial charge >= 0.3 is 5.97 Å².